The summed E-state index contributed by atoms with van der Waals surface area (Å²) in [6.07, 6.45) is 4.69. The van der Waals surface area contributed by atoms with Gasteiger partial charge in [0.1, 0.15) is 16.3 Å². The number of amides is 2. The van der Waals surface area contributed by atoms with Crippen LogP contribution in [0.4, 0.5) is 17.1 Å². The number of benzene rings is 4. The molecule has 3 aliphatic rings. The highest BCUT2D eigenvalue weighted by molar-refractivity contribution is 7.90. The fourth-order valence-corrected chi connectivity index (χ4v) is 9.90. The van der Waals surface area contributed by atoms with Crippen molar-refractivity contribution in [3.63, 3.8) is 0 Å². The molecule has 0 saturated carbocycles. The molecule has 1 aromatic heterocycles. The minimum Gasteiger partial charge on any atom is -0.449 e. The van der Waals surface area contributed by atoms with Gasteiger partial charge in [0.25, 0.3) is 15.9 Å². The molecule has 0 radical (unpaired) electrons. The van der Waals surface area contributed by atoms with Crippen LogP contribution in [0.5, 0.6) is 11.5 Å². The Morgan fingerprint density at radius 2 is 1.73 bits per heavy atom. The van der Waals surface area contributed by atoms with E-state index in [2.05, 4.69) is 51.2 Å². The molecular formula is C46H51ClN8O7S. The molecule has 1 aliphatic carbocycles. The number of piperazine rings is 2. The SMILES string of the molecule is CC1(C)CCC(CN2CCN(c3cc(S(=O)(=O)NC(=O)c4ccccc4)c(Oc4ccc5[nH]ccc5c4)c([N+](=O)[O-])c3NCCN3CCNC(=O)C3)CC2)=C(c2ccc(Cl)cc2)C1. The number of carbonyl (C=O) groups is 2. The van der Waals surface area contributed by atoms with E-state index in [-0.39, 0.29) is 47.1 Å². The normalized spacial score (nSPS) is 17.4. The number of fused-ring (bicyclic) bond motifs is 1. The second-order valence-electron chi connectivity index (χ2n) is 17.1. The van der Waals surface area contributed by atoms with Gasteiger partial charge < -0.3 is 25.3 Å². The zero-order valence-corrected chi connectivity index (χ0v) is 36.9. The molecule has 0 spiro atoms. The molecule has 17 heteroatoms. The molecular weight excluding hydrogens is 844 g/mol. The zero-order chi connectivity index (χ0) is 44.3. The number of halogens is 1. The summed E-state index contributed by atoms with van der Waals surface area (Å²) in [5.74, 6) is -1.41. The van der Waals surface area contributed by atoms with E-state index in [1.807, 2.05) is 21.9 Å². The first-order valence-corrected chi connectivity index (χ1v) is 23.0. The number of nitro groups is 1. The predicted octanol–water partition coefficient (Wildman–Crippen LogP) is 7.27. The molecule has 3 heterocycles. The van der Waals surface area contributed by atoms with Crippen LogP contribution in [0.1, 0.15) is 49.0 Å². The number of nitrogens with one attached hydrogen (secondary N) is 4. The van der Waals surface area contributed by atoms with Gasteiger partial charge in [-0.15, -0.1) is 0 Å². The van der Waals surface area contributed by atoms with Gasteiger partial charge in [-0.1, -0.05) is 61.4 Å². The van der Waals surface area contributed by atoms with Crippen molar-refractivity contribution in [3.05, 3.63) is 123 Å². The van der Waals surface area contributed by atoms with Gasteiger partial charge in [-0.3, -0.25) is 29.5 Å². The molecule has 63 heavy (non-hydrogen) atoms. The molecule has 8 rings (SSSR count). The minimum atomic E-state index is -4.81. The van der Waals surface area contributed by atoms with E-state index in [1.165, 1.54) is 29.3 Å². The van der Waals surface area contributed by atoms with E-state index < -0.39 is 37.2 Å². The Hall–Kier alpha value is -5.94. The number of nitro benzene ring substituents is 1. The van der Waals surface area contributed by atoms with E-state index >= 15 is 0 Å². The molecule has 5 aromatic rings. The summed E-state index contributed by atoms with van der Waals surface area (Å²) < 4.78 is 37.5. The fraction of sp³-hybridized carbons (Fsp3) is 0.348. The van der Waals surface area contributed by atoms with Crippen molar-refractivity contribution < 1.29 is 27.7 Å². The number of H-pyrrole nitrogens is 1. The Kier molecular flexibility index (Phi) is 12.8. The Morgan fingerprint density at radius 3 is 2.46 bits per heavy atom. The van der Waals surface area contributed by atoms with Gasteiger partial charge in [-0.05, 0) is 90.4 Å². The van der Waals surface area contributed by atoms with Gasteiger partial charge in [-0.25, -0.2) is 13.1 Å². The molecule has 2 fully saturated rings. The molecule has 4 aromatic carbocycles. The third-order valence-corrected chi connectivity index (χ3v) is 13.6. The van der Waals surface area contributed by atoms with Crippen molar-refractivity contribution in [2.24, 2.45) is 5.41 Å². The number of nitrogens with zero attached hydrogens (tertiary/aromatic N) is 4. The largest absolute Gasteiger partial charge is 0.449 e. The van der Waals surface area contributed by atoms with Gasteiger partial charge in [0.2, 0.25) is 11.7 Å². The first-order valence-electron chi connectivity index (χ1n) is 21.1. The van der Waals surface area contributed by atoms with Crippen molar-refractivity contribution in [1.29, 1.82) is 0 Å². The number of ether oxygens (including phenoxy) is 1. The molecule has 0 bridgehead atoms. The maximum atomic E-state index is 14.5. The third kappa shape index (κ3) is 10.1. The van der Waals surface area contributed by atoms with E-state index in [1.54, 1.807) is 48.7 Å². The van der Waals surface area contributed by atoms with E-state index in [4.69, 9.17) is 16.3 Å². The van der Waals surface area contributed by atoms with Crippen molar-refractivity contribution in [2.45, 2.75) is 38.0 Å². The lowest BCUT2D eigenvalue weighted by molar-refractivity contribution is -0.384. The lowest BCUT2D eigenvalue weighted by atomic mass is 9.72. The van der Waals surface area contributed by atoms with Crippen LogP contribution in [-0.4, -0.2) is 105 Å². The highest BCUT2D eigenvalue weighted by atomic mass is 35.5. The number of anilines is 2. The highest BCUT2D eigenvalue weighted by Crippen LogP contribution is 2.49. The van der Waals surface area contributed by atoms with E-state index in [0.29, 0.717) is 50.8 Å². The van der Waals surface area contributed by atoms with Gasteiger partial charge in [-0.2, -0.15) is 0 Å². The van der Waals surface area contributed by atoms with Crippen molar-refractivity contribution >= 4 is 67.0 Å². The molecule has 2 amide bonds. The fourth-order valence-electron chi connectivity index (χ4n) is 8.65. The van der Waals surface area contributed by atoms with Crippen LogP contribution in [0.2, 0.25) is 5.02 Å². The Balaban J connectivity index is 1.17. The first kappa shape index (κ1) is 43.7. The lowest BCUT2D eigenvalue weighted by Crippen LogP contribution is -2.49. The molecule has 0 atom stereocenters. The number of carbonyl (C=O) groups excluding carboxylic acids is 2. The summed E-state index contributed by atoms with van der Waals surface area (Å²) in [4.78, 5) is 47.2. The second kappa shape index (κ2) is 18.4. The van der Waals surface area contributed by atoms with Gasteiger partial charge in [0.15, 0.2) is 0 Å². The van der Waals surface area contributed by atoms with Crippen molar-refractivity contribution in [3.8, 4) is 11.5 Å². The van der Waals surface area contributed by atoms with Crippen LogP contribution in [0, 0.1) is 15.5 Å². The zero-order valence-electron chi connectivity index (χ0n) is 35.3. The van der Waals surface area contributed by atoms with Crippen molar-refractivity contribution in [1.82, 2.24) is 24.8 Å². The second-order valence-corrected chi connectivity index (χ2v) is 19.2. The highest BCUT2D eigenvalue weighted by Gasteiger charge is 2.38. The maximum Gasteiger partial charge on any atom is 0.338 e. The molecule has 2 saturated heterocycles. The predicted molar refractivity (Wildman–Crippen MR) is 245 cm³/mol. The van der Waals surface area contributed by atoms with Crippen LogP contribution in [0.3, 0.4) is 0 Å². The van der Waals surface area contributed by atoms with Gasteiger partial charge >= 0.3 is 5.69 Å². The third-order valence-electron chi connectivity index (χ3n) is 12.0. The first-order chi connectivity index (χ1) is 30.2. The topological polar surface area (TPSA) is 182 Å². The maximum absolute atomic E-state index is 14.5. The average Bonchev–Trinajstić information content (AvgIpc) is 3.73. The summed E-state index contributed by atoms with van der Waals surface area (Å²) in [7, 11) is -4.81. The number of hydrogen-bond donors (Lipinski definition) is 4. The molecule has 2 aliphatic heterocycles. The number of aromatic nitrogens is 1. The van der Waals surface area contributed by atoms with Crippen LogP contribution < -0.4 is 25.0 Å². The van der Waals surface area contributed by atoms with E-state index in [0.717, 1.165) is 42.3 Å². The molecule has 4 N–H and O–H groups in total. The molecule has 15 nitrogen and oxygen atoms in total. The lowest BCUT2D eigenvalue weighted by Gasteiger charge is -2.40. The summed E-state index contributed by atoms with van der Waals surface area (Å²) >= 11 is 6.26. The summed E-state index contributed by atoms with van der Waals surface area (Å²) in [6.45, 7) is 9.23. The van der Waals surface area contributed by atoms with E-state index in [9.17, 15) is 28.1 Å². The van der Waals surface area contributed by atoms with Gasteiger partial charge in [0, 0.05) is 86.6 Å². The number of rotatable bonds is 14. The average molecular weight is 895 g/mol. The van der Waals surface area contributed by atoms with Crippen LogP contribution in [0.15, 0.2) is 102 Å². The summed E-state index contributed by atoms with van der Waals surface area (Å²) in [6, 6.07) is 24.0. The molecule has 0 unspecified atom stereocenters. The minimum absolute atomic E-state index is 0.0724. The Morgan fingerprint density at radius 1 is 0.968 bits per heavy atom. The smallest absolute Gasteiger partial charge is 0.338 e. The Bertz CT molecular complexity index is 2660. The molecule has 330 valence electrons. The summed E-state index contributed by atoms with van der Waals surface area (Å²) in [5, 5.41) is 21.0. The number of aromatic amines is 1. The standard InChI is InChI=1S/C46H51ClN8O7S/c1-46(2)16-14-34(37(28-46)31-8-10-35(47)11-9-31)29-53-22-24-54(25-23-53)39-27-40(63(60,61)51-45(57)32-6-4-3-5-7-32)44(62-36-12-13-38-33(26-36)15-17-48-38)43(55(58)59)42(39)50-19-21-52-20-18-49-41(56)30-52/h3-13,15,17,26-27,48,50H,14,16,18-25,28-30H2,1-2H3,(H,49,56)(H,51,57). The Labute approximate surface area is 371 Å². The van der Waals surface area contributed by atoms with Crippen LogP contribution >= 0.6 is 11.6 Å². The van der Waals surface area contributed by atoms with Crippen LogP contribution in [0.25, 0.3) is 16.5 Å². The van der Waals surface area contributed by atoms with Crippen molar-refractivity contribution in [2.75, 3.05) is 75.7 Å². The van der Waals surface area contributed by atoms with Crippen LogP contribution in [-0.2, 0) is 14.8 Å². The van der Waals surface area contributed by atoms with Gasteiger partial charge in [0.05, 0.1) is 17.2 Å². The quantitative estimate of drug-likeness (QED) is 0.0650. The number of allylic oxidation sites excluding steroid dienone is 1. The number of hydrogen-bond acceptors (Lipinski definition) is 11. The summed E-state index contributed by atoms with van der Waals surface area (Å²) in [5.41, 5.74) is 4.64. The number of sulfonamides is 1. The monoisotopic (exact) mass is 894 g/mol.